The van der Waals surface area contributed by atoms with Crippen molar-refractivity contribution >= 4 is 11.6 Å². The summed E-state index contributed by atoms with van der Waals surface area (Å²) >= 11 is 0. The summed E-state index contributed by atoms with van der Waals surface area (Å²) in [6.45, 7) is 5.91. The predicted octanol–water partition coefficient (Wildman–Crippen LogP) is 2.17. The van der Waals surface area contributed by atoms with Gasteiger partial charge in [0.25, 0.3) is 0 Å². The second-order valence-corrected chi connectivity index (χ2v) is 4.49. The van der Waals surface area contributed by atoms with E-state index in [2.05, 4.69) is 34.4 Å². The molecule has 5 nitrogen and oxygen atoms in total. The van der Waals surface area contributed by atoms with E-state index in [1.807, 2.05) is 7.05 Å². The minimum atomic E-state index is 0.456. The van der Waals surface area contributed by atoms with Gasteiger partial charge in [-0.3, -0.25) is 0 Å². The van der Waals surface area contributed by atoms with E-state index in [4.69, 9.17) is 4.74 Å². The molecule has 0 radical (unpaired) electrons. The van der Waals surface area contributed by atoms with Gasteiger partial charge < -0.3 is 15.4 Å². The zero-order chi connectivity index (χ0) is 13.4. The first-order valence-corrected chi connectivity index (χ1v) is 6.47. The molecule has 1 unspecified atom stereocenters. The number of aromatic nitrogens is 2. The van der Waals surface area contributed by atoms with Gasteiger partial charge in [0.2, 0.25) is 0 Å². The van der Waals surface area contributed by atoms with Gasteiger partial charge in [0, 0.05) is 26.3 Å². The van der Waals surface area contributed by atoms with Gasteiger partial charge in [-0.1, -0.05) is 20.3 Å². The molecule has 5 heteroatoms. The molecule has 0 spiro atoms. The maximum absolute atomic E-state index is 5.13. The first-order chi connectivity index (χ1) is 8.72. The van der Waals surface area contributed by atoms with Gasteiger partial charge >= 0.3 is 0 Å². The first-order valence-electron chi connectivity index (χ1n) is 6.47. The molecule has 1 rings (SSSR count). The van der Waals surface area contributed by atoms with E-state index < -0.39 is 0 Å². The highest BCUT2D eigenvalue weighted by Crippen LogP contribution is 2.21. The standard InChI is InChI=1S/C13H24N4O/c1-5-6-11-12(14-3)16-9-17-13(11)15-7-10(2)8-18-4/h9-10H,5-8H2,1-4H3,(H2,14,15,16,17). The molecule has 0 amide bonds. The average Bonchev–Trinajstić information content (AvgIpc) is 2.38. The Morgan fingerprint density at radius 1 is 1.33 bits per heavy atom. The van der Waals surface area contributed by atoms with Crippen molar-refractivity contribution < 1.29 is 4.74 Å². The molecule has 1 aromatic rings. The number of nitrogens with one attached hydrogen (secondary N) is 2. The predicted molar refractivity (Wildman–Crippen MR) is 75.1 cm³/mol. The van der Waals surface area contributed by atoms with Crippen LogP contribution in [0, 0.1) is 5.92 Å². The van der Waals surface area contributed by atoms with Crippen LogP contribution in [0.3, 0.4) is 0 Å². The smallest absolute Gasteiger partial charge is 0.134 e. The second-order valence-electron chi connectivity index (χ2n) is 4.49. The van der Waals surface area contributed by atoms with Crippen molar-refractivity contribution in [3.05, 3.63) is 11.9 Å². The molecule has 0 fully saturated rings. The van der Waals surface area contributed by atoms with Crippen molar-refractivity contribution in [2.45, 2.75) is 26.7 Å². The van der Waals surface area contributed by atoms with E-state index in [-0.39, 0.29) is 0 Å². The minimum Gasteiger partial charge on any atom is -0.384 e. The van der Waals surface area contributed by atoms with Crippen LogP contribution in [0.15, 0.2) is 6.33 Å². The van der Waals surface area contributed by atoms with E-state index >= 15 is 0 Å². The number of hydrogen-bond donors (Lipinski definition) is 2. The lowest BCUT2D eigenvalue weighted by atomic mass is 10.1. The number of rotatable bonds is 8. The Hall–Kier alpha value is -1.36. The molecule has 1 aromatic heterocycles. The molecule has 18 heavy (non-hydrogen) atoms. The van der Waals surface area contributed by atoms with Crippen LogP contribution in [-0.2, 0) is 11.2 Å². The molecule has 0 aliphatic carbocycles. The lowest BCUT2D eigenvalue weighted by molar-refractivity contribution is 0.164. The molecular formula is C13H24N4O. The number of nitrogens with zero attached hydrogens (tertiary/aromatic N) is 2. The molecule has 0 bridgehead atoms. The Kier molecular flexibility index (Phi) is 6.43. The summed E-state index contributed by atoms with van der Waals surface area (Å²) in [6, 6.07) is 0. The SMILES string of the molecule is CCCc1c(NC)ncnc1NCC(C)COC. The summed E-state index contributed by atoms with van der Waals surface area (Å²) in [4.78, 5) is 8.59. The van der Waals surface area contributed by atoms with E-state index in [1.165, 1.54) is 0 Å². The van der Waals surface area contributed by atoms with Crippen molar-refractivity contribution in [2.24, 2.45) is 5.92 Å². The third-order valence-electron chi connectivity index (χ3n) is 2.75. The van der Waals surface area contributed by atoms with Gasteiger partial charge in [0.05, 0.1) is 6.61 Å². The van der Waals surface area contributed by atoms with Gasteiger partial charge in [0.15, 0.2) is 0 Å². The van der Waals surface area contributed by atoms with Crippen molar-refractivity contribution in [1.82, 2.24) is 9.97 Å². The monoisotopic (exact) mass is 252 g/mol. The molecule has 1 heterocycles. The third-order valence-corrected chi connectivity index (χ3v) is 2.75. The molecule has 0 aromatic carbocycles. The van der Waals surface area contributed by atoms with E-state index in [1.54, 1.807) is 13.4 Å². The van der Waals surface area contributed by atoms with Crippen molar-refractivity contribution in [2.75, 3.05) is 37.9 Å². The van der Waals surface area contributed by atoms with Crippen molar-refractivity contribution in [1.29, 1.82) is 0 Å². The van der Waals surface area contributed by atoms with Crippen molar-refractivity contribution in [3.8, 4) is 0 Å². The van der Waals surface area contributed by atoms with Gasteiger partial charge in [0.1, 0.15) is 18.0 Å². The fourth-order valence-corrected chi connectivity index (χ4v) is 1.88. The maximum atomic E-state index is 5.13. The zero-order valence-electron chi connectivity index (χ0n) is 11.8. The van der Waals surface area contributed by atoms with Crippen LogP contribution in [0.5, 0.6) is 0 Å². The summed E-state index contributed by atoms with van der Waals surface area (Å²) in [5, 5.41) is 6.50. The fraction of sp³-hybridized carbons (Fsp3) is 0.692. The number of ether oxygens (including phenoxy) is 1. The Morgan fingerprint density at radius 2 is 2.06 bits per heavy atom. The lowest BCUT2D eigenvalue weighted by Crippen LogP contribution is -2.18. The molecule has 2 N–H and O–H groups in total. The Bertz CT molecular complexity index is 357. The van der Waals surface area contributed by atoms with Crippen LogP contribution in [0.1, 0.15) is 25.8 Å². The van der Waals surface area contributed by atoms with Gasteiger partial charge in [-0.05, 0) is 12.3 Å². The summed E-state index contributed by atoms with van der Waals surface area (Å²) < 4.78 is 5.13. The van der Waals surface area contributed by atoms with E-state index in [0.29, 0.717) is 5.92 Å². The fourth-order valence-electron chi connectivity index (χ4n) is 1.88. The summed E-state index contributed by atoms with van der Waals surface area (Å²) in [6.07, 6.45) is 3.64. The number of anilines is 2. The zero-order valence-corrected chi connectivity index (χ0v) is 11.8. The highest BCUT2D eigenvalue weighted by atomic mass is 16.5. The molecule has 0 saturated heterocycles. The summed E-state index contributed by atoms with van der Waals surface area (Å²) in [7, 11) is 3.61. The van der Waals surface area contributed by atoms with Crippen LogP contribution in [0.2, 0.25) is 0 Å². The van der Waals surface area contributed by atoms with E-state index in [9.17, 15) is 0 Å². The largest absolute Gasteiger partial charge is 0.384 e. The van der Waals surface area contributed by atoms with Crippen LogP contribution in [-0.4, -0.2) is 37.3 Å². The second kappa shape index (κ2) is 7.87. The topological polar surface area (TPSA) is 59.1 Å². The van der Waals surface area contributed by atoms with Crippen LogP contribution in [0.25, 0.3) is 0 Å². The van der Waals surface area contributed by atoms with Crippen LogP contribution >= 0.6 is 0 Å². The minimum absolute atomic E-state index is 0.456. The molecule has 1 atom stereocenters. The van der Waals surface area contributed by atoms with Gasteiger partial charge in [-0.15, -0.1) is 0 Å². The Labute approximate surface area is 109 Å². The summed E-state index contributed by atoms with van der Waals surface area (Å²) in [5.74, 6) is 2.30. The molecule has 0 aliphatic heterocycles. The lowest BCUT2D eigenvalue weighted by Gasteiger charge is -2.16. The number of hydrogen-bond acceptors (Lipinski definition) is 5. The maximum Gasteiger partial charge on any atom is 0.134 e. The average molecular weight is 252 g/mol. The molecule has 0 aliphatic rings. The highest BCUT2D eigenvalue weighted by Gasteiger charge is 2.10. The third kappa shape index (κ3) is 4.14. The Balaban J connectivity index is 2.74. The van der Waals surface area contributed by atoms with Crippen LogP contribution < -0.4 is 10.6 Å². The normalized spacial score (nSPS) is 12.2. The highest BCUT2D eigenvalue weighted by molar-refractivity contribution is 5.57. The Morgan fingerprint density at radius 3 is 2.67 bits per heavy atom. The van der Waals surface area contributed by atoms with E-state index in [0.717, 1.165) is 43.2 Å². The summed E-state index contributed by atoms with van der Waals surface area (Å²) in [5.41, 5.74) is 1.16. The quantitative estimate of drug-likeness (QED) is 0.742. The molecule has 0 saturated carbocycles. The van der Waals surface area contributed by atoms with Crippen molar-refractivity contribution in [3.63, 3.8) is 0 Å². The van der Waals surface area contributed by atoms with Crippen LogP contribution in [0.4, 0.5) is 11.6 Å². The van der Waals surface area contributed by atoms with Gasteiger partial charge in [-0.25, -0.2) is 9.97 Å². The first kappa shape index (κ1) is 14.7. The van der Waals surface area contributed by atoms with Gasteiger partial charge in [-0.2, -0.15) is 0 Å². The number of methoxy groups -OCH3 is 1. The molecular weight excluding hydrogens is 228 g/mol. The molecule has 102 valence electrons.